The maximum Gasteiger partial charge on any atom is 0.175 e. The Bertz CT molecular complexity index is 381. The number of hydrogen-bond donors (Lipinski definition) is 0. The number of Topliss-reactive ketones (excluding diaryl/α,β-unsaturated/α-hetero) is 1. The van der Waals surface area contributed by atoms with Crippen LogP contribution in [0.25, 0.3) is 0 Å². The molecule has 0 heterocycles. The Morgan fingerprint density at radius 2 is 2.25 bits per heavy atom. The van der Waals surface area contributed by atoms with Crippen LogP contribution in [0.2, 0.25) is 0 Å². The van der Waals surface area contributed by atoms with Crippen LogP contribution in [-0.2, 0) is 0 Å². The monoisotopic (exact) mass is 304 g/mol. The van der Waals surface area contributed by atoms with E-state index in [4.69, 9.17) is 0 Å². The van der Waals surface area contributed by atoms with Crippen molar-refractivity contribution in [3.63, 3.8) is 0 Å². The maximum atomic E-state index is 13.4. The molecule has 0 radical (unpaired) electrons. The van der Waals surface area contributed by atoms with Crippen LogP contribution in [-0.4, -0.2) is 16.8 Å². The third kappa shape index (κ3) is 3.91. The summed E-state index contributed by atoms with van der Waals surface area (Å²) in [5, 5.41) is 0.430. The van der Waals surface area contributed by atoms with Crippen molar-refractivity contribution in [1.82, 2.24) is 0 Å². The molecule has 1 aromatic rings. The highest BCUT2D eigenvalue weighted by atomic mass is 79.9. The molecule has 1 unspecified atom stereocenters. The van der Waals surface area contributed by atoms with Gasteiger partial charge in [0, 0.05) is 9.72 Å². The lowest BCUT2D eigenvalue weighted by Crippen LogP contribution is -2.08. The molecular weight excluding hydrogens is 291 g/mol. The van der Waals surface area contributed by atoms with Crippen LogP contribution in [0.3, 0.4) is 0 Å². The van der Waals surface area contributed by atoms with E-state index in [1.807, 2.05) is 0 Å². The van der Waals surface area contributed by atoms with Gasteiger partial charge in [-0.25, -0.2) is 4.39 Å². The number of halogens is 2. The van der Waals surface area contributed by atoms with Gasteiger partial charge < -0.3 is 0 Å². The molecule has 0 N–H and O–H groups in total. The summed E-state index contributed by atoms with van der Waals surface area (Å²) < 4.78 is 14.1. The molecular formula is C12H14BrFOS. The van der Waals surface area contributed by atoms with Gasteiger partial charge in [0.15, 0.2) is 5.78 Å². The summed E-state index contributed by atoms with van der Waals surface area (Å²) in [4.78, 5) is 11.8. The first kappa shape index (κ1) is 13.7. The highest BCUT2D eigenvalue weighted by molar-refractivity contribution is 9.10. The number of benzene rings is 1. The molecule has 0 saturated heterocycles. The molecule has 0 fully saturated rings. The van der Waals surface area contributed by atoms with Gasteiger partial charge in [-0.1, -0.05) is 29.8 Å². The van der Waals surface area contributed by atoms with Gasteiger partial charge in [-0.3, -0.25) is 4.79 Å². The van der Waals surface area contributed by atoms with Crippen molar-refractivity contribution < 1.29 is 9.18 Å². The lowest BCUT2D eigenvalue weighted by atomic mass is 10.1. The van der Waals surface area contributed by atoms with Gasteiger partial charge in [-0.15, -0.1) is 0 Å². The summed E-state index contributed by atoms with van der Waals surface area (Å²) in [5.41, 5.74) is 0.171. The second kappa shape index (κ2) is 6.40. The van der Waals surface area contributed by atoms with E-state index in [0.717, 1.165) is 10.9 Å². The Morgan fingerprint density at radius 1 is 1.56 bits per heavy atom. The third-order valence-electron chi connectivity index (χ3n) is 2.30. The topological polar surface area (TPSA) is 17.1 Å². The van der Waals surface area contributed by atoms with Crippen molar-refractivity contribution in [2.24, 2.45) is 0 Å². The molecule has 0 aromatic heterocycles. The smallest absolute Gasteiger partial charge is 0.175 e. The summed E-state index contributed by atoms with van der Waals surface area (Å²) in [6.07, 6.45) is 1.01. The van der Waals surface area contributed by atoms with Crippen LogP contribution in [0.15, 0.2) is 22.7 Å². The Kier molecular flexibility index (Phi) is 5.49. The first-order chi connectivity index (χ1) is 7.54. The third-order valence-corrected chi connectivity index (χ3v) is 4.13. The molecule has 0 aliphatic rings. The number of carbonyl (C=O) groups excluding carboxylic acids is 1. The fraction of sp³-hybridized carbons (Fsp3) is 0.417. The minimum Gasteiger partial charge on any atom is -0.293 e. The normalized spacial score (nSPS) is 12.5. The van der Waals surface area contributed by atoms with Crippen molar-refractivity contribution in [2.75, 3.05) is 5.75 Å². The Morgan fingerprint density at radius 3 is 2.88 bits per heavy atom. The molecule has 0 amide bonds. The van der Waals surface area contributed by atoms with E-state index in [2.05, 4.69) is 29.8 Å². The minimum absolute atomic E-state index is 0.149. The molecule has 0 aliphatic carbocycles. The predicted molar refractivity (Wildman–Crippen MR) is 70.6 cm³/mol. The lowest BCUT2D eigenvalue weighted by Gasteiger charge is -2.07. The lowest BCUT2D eigenvalue weighted by molar-refractivity contribution is 0.101. The highest BCUT2D eigenvalue weighted by Gasteiger charge is 2.13. The molecule has 1 atom stereocenters. The zero-order valence-electron chi connectivity index (χ0n) is 9.30. The van der Waals surface area contributed by atoms with Crippen LogP contribution < -0.4 is 0 Å². The number of hydrogen-bond acceptors (Lipinski definition) is 2. The van der Waals surface area contributed by atoms with Gasteiger partial charge in [-0.05, 0) is 24.6 Å². The standard InChI is InChI=1S/C12H14BrFOS/c1-3-8(2)16-7-12(15)10-6-9(13)4-5-11(10)14/h4-6,8H,3,7H2,1-2H3. The molecule has 1 aromatic carbocycles. The second-order valence-corrected chi connectivity index (χ2v) is 5.92. The van der Waals surface area contributed by atoms with Crippen molar-refractivity contribution in [3.05, 3.63) is 34.1 Å². The minimum atomic E-state index is -0.446. The Labute approximate surface area is 108 Å². The van der Waals surface area contributed by atoms with Crippen LogP contribution in [0.4, 0.5) is 4.39 Å². The number of carbonyl (C=O) groups is 1. The molecule has 16 heavy (non-hydrogen) atoms. The largest absolute Gasteiger partial charge is 0.293 e. The van der Waals surface area contributed by atoms with Crippen molar-refractivity contribution in [2.45, 2.75) is 25.5 Å². The zero-order chi connectivity index (χ0) is 12.1. The molecule has 88 valence electrons. The van der Waals surface area contributed by atoms with Crippen LogP contribution in [0.5, 0.6) is 0 Å². The van der Waals surface area contributed by atoms with Gasteiger partial charge in [0.05, 0.1) is 11.3 Å². The summed E-state index contributed by atoms with van der Waals surface area (Å²) in [6, 6.07) is 4.44. The van der Waals surface area contributed by atoms with E-state index in [1.165, 1.54) is 12.1 Å². The molecule has 1 nitrogen and oxygen atoms in total. The van der Waals surface area contributed by atoms with Gasteiger partial charge >= 0.3 is 0 Å². The molecule has 0 aliphatic heterocycles. The average molecular weight is 305 g/mol. The predicted octanol–water partition coefficient (Wildman–Crippen LogP) is 4.30. The fourth-order valence-electron chi connectivity index (χ4n) is 1.12. The van der Waals surface area contributed by atoms with Gasteiger partial charge in [-0.2, -0.15) is 11.8 Å². The van der Waals surface area contributed by atoms with Crippen LogP contribution >= 0.6 is 27.7 Å². The van der Waals surface area contributed by atoms with Crippen molar-refractivity contribution in [1.29, 1.82) is 0 Å². The van der Waals surface area contributed by atoms with Gasteiger partial charge in [0.2, 0.25) is 0 Å². The Hall–Kier alpha value is -0.350. The van der Waals surface area contributed by atoms with E-state index >= 15 is 0 Å². The SMILES string of the molecule is CCC(C)SCC(=O)c1cc(Br)ccc1F. The molecule has 4 heteroatoms. The summed E-state index contributed by atoms with van der Waals surface area (Å²) >= 11 is 4.79. The van der Waals surface area contributed by atoms with Crippen LogP contribution in [0.1, 0.15) is 30.6 Å². The quantitative estimate of drug-likeness (QED) is 0.754. The number of ketones is 1. The first-order valence-electron chi connectivity index (χ1n) is 5.14. The van der Waals surface area contributed by atoms with E-state index in [1.54, 1.807) is 17.8 Å². The zero-order valence-corrected chi connectivity index (χ0v) is 11.7. The molecule has 1 rings (SSSR count). The summed E-state index contributed by atoms with van der Waals surface area (Å²) in [7, 11) is 0. The van der Waals surface area contributed by atoms with E-state index < -0.39 is 5.82 Å². The van der Waals surface area contributed by atoms with Gasteiger partial charge in [0.1, 0.15) is 5.82 Å². The first-order valence-corrected chi connectivity index (χ1v) is 6.98. The molecule has 0 saturated carbocycles. The average Bonchev–Trinajstić information content (AvgIpc) is 2.28. The number of rotatable bonds is 5. The van der Waals surface area contributed by atoms with E-state index in [-0.39, 0.29) is 11.3 Å². The fourth-order valence-corrected chi connectivity index (χ4v) is 2.31. The molecule has 0 bridgehead atoms. The Balaban J connectivity index is 2.69. The van der Waals surface area contributed by atoms with E-state index in [9.17, 15) is 9.18 Å². The highest BCUT2D eigenvalue weighted by Crippen LogP contribution is 2.20. The summed E-state index contributed by atoms with van der Waals surface area (Å²) in [6.45, 7) is 4.14. The van der Waals surface area contributed by atoms with Crippen molar-refractivity contribution in [3.8, 4) is 0 Å². The summed E-state index contributed by atoms with van der Waals surface area (Å²) in [5.74, 6) is -0.260. The van der Waals surface area contributed by atoms with E-state index in [0.29, 0.717) is 11.0 Å². The second-order valence-electron chi connectivity index (χ2n) is 3.58. The number of thioether (sulfide) groups is 1. The van der Waals surface area contributed by atoms with Crippen LogP contribution in [0, 0.1) is 5.82 Å². The molecule has 0 spiro atoms. The maximum absolute atomic E-state index is 13.4. The van der Waals surface area contributed by atoms with Crippen molar-refractivity contribution >= 4 is 33.5 Å². The van der Waals surface area contributed by atoms with Gasteiger partial charge in [0.25, 0.3) is 0 Å².